The van der Waals surface area contributed by atoms with Crippen molar-refractivity contribution in [2.75, 3.05) is 6.54 Å². The number of hydrogen-bond acceptors (Lipinski definition) is 3. The quantitative estimate of drug-likeness (QED) is 0.791. The van der Waals surface area contributed by atoms with E-state index in [1.54, 1.807) is 29.6 Å². The summed E-state index contributed by atoms with van der Waals surface area (Å²) in [6, 6.07) is 0.000556. The molecule has 1 aromatic rings. The third kappa shape index (κ3) is 2.22. The fourth-order valence-corrected chi connectivity index (χ4v) is 2.84. The lowest BCUT2D eigenvalue weighted by molar-refractivity contribution is -0.709. The minimum absolute atomic E-state index is 0.000556. The SMILES string of the molecule is CCC[N+]1(C(=O)n2ccnc2)C=NC(C(C)C)=C1CC. The molecule has 0 saturated carbocycles. The van der Waals surface area contributed by atoms with Crippen LogP contribution in [0, 0.1) is 5.92 Å². The Balaban J connectivity index is 2.51. The zero-order chi connectivity index (χ0) is 14.8. The van der Waals surface area contributed by atoms with E-state index in [0.29, 0.717) is 5.92 Å². The molecule has 1 aliphatic heterocycles. The van der Waals surface area contributed by atoms with E-state index in [1.807, 2.05) is 0 Å². The molecule has 108 valence electrons. The number of hydrogen-bond donors (Lipinski definition) is 0. The molecule has 2 rings (SSSR count). The lowest BCUT2D eigenvalue weighted by atomic mass is 10.1. The van der Waals surface area contributed by atoms with Crippen LogP contribution in [0.3, 0.4) is 0 Å². The molecule has 20 heavy (non-hydrogen) atoms. The third-order valence-electron chi connectivity index (χ3n) is 3.70. The minimum Gasteiger partial charge on any atom is -0.245 e. The zero-order valence-corrected chi connectivity index (χ0v) is 12.7. The topological polar surface area (TPSA) is 47.2 Å². The molecule has 1 aliphatic rings. The van der Waals surface area contributed by atoms with E-state index < -0.39 is 0 Å². The van der Waals surface area contributed by atoms with Crippen molar-refractivity contribution >= 4 is 12.4 Å². The molecule has 0 saturated heterocycles. The molecule has 0 spiro atoms. The van der Waals surface area contributed by atoms with Crippen LogP contribution < -0.4 is 0 Å². The van der Waals surface area contributed by atoms with Crippen molar-refractivity contribution in [3.63, 3.8) is 0 Å². The molecule has 1 unspecified atom stereocenters. The van der Waals surface area contributed by atoms with E-state index in [-0.39, 0.29) is 10.5 Å². The molecule has 0 aliphatic carbocycles. The van der Waals surface area contributed by atoms with Crippen LogP contribution in [0.5, 0.6) is 0 Å². The second kappa shape index (κ2) is 5.71. The molecule has 5 heteroatoms. The average Bonchev–Trinajstić information content (AvgIpc) is 3.05. The van der Waals surface area contributed by atoms with Crippen molar-refractivity contribution in [2.24, 2.45) is 10.9 Å². The van der Waals surface area contributed by atoms with Gasteiger partial charge < -0.3 is 0 Å². The monoisotopic (exact) mass is 275 g/mol. The number of allylic oxidation sites excluding steroid dienone is 2. The van der Waals surface area contributed by atoms with Gasteiger partial charge in [-0.15, -0.1) is 0 Å². The van der Waals surface area contributed by atoms with Gasteiger partial charge >= 0.3 is 6.03 Å². The molecule has 1 amide bonds. The Morgan fingerprint density at radius 1 is 1.40 bits per heavy atom. The van der Waals surface area contributed by atoms with Crippen molar-refractivity contribution in [3.05, 3.63) is 30.1 Å². The first-order valence-corrected chi connectivity index (χ1v) is 7.26. The molecule has 2 heterocycles. The molecule has 0 bridgehead atoms. The first-order chi connectivity index (χ1) is 9.56. The smallest absolute Gasteiger partial charge is 0.245 e. The van der Waals surface area contributed by atoms with Gasteiger partial charge in [-0.1, -0.05) is 27.7 Å². The number of aromatic nitrogens is 2. The maximum atomic E-state index is 12.9. The van der Waals surface area contributed by atoms with Crippen molar-refractivity contribution in [3.8, 4) is 0 Å². The Morgan fingerprint density at radius 2 is 2.15 bits per heavy atom. The van der Waals surface area contributed by atoms with Crippen LogP contribution in [0.2, 0.25) is 0 Å². The van der Waals surface area contributed by atoms with Crippen molar-refractivity contribution < 1.29 is 9.28 Å². The lowest BCUT2D eigenvalue weighted by Crippen LogP contribution is -2.51. The highest BCUT2D eigenvalue weighted by atomic mass is 16.2. The molecular formula is C15H23N4O+. The van der Waals surface area contributed by atoms with Gasteiger partial charge in [-0.05, 0) is 6.42 Å². The molecule has 0 radical (unpaired) electrons. The van der Waals surface area contributed by atoms with E-state index in [1.165, 1.54) is 0 Å². The zero-order valence-electron chi connectivity index (χ0n) is 12.7. The van der Waals surface area contributed by atoms with Gasteiger partial charge in [-0.25, -0.2) is 19.3 Å². The Morgan fingerprint density at radius 3 is 2.65 bits per heavy atom. The average molecular weight is 275 g/mol. The van der Waals surface area contributed by atoms with E-state index in [0.717, 1.165) is 30.8 Å². The molecule has 0 aromatic carbocycles. The summed E-state index contributed by atoms with van der Waals surface area (Å²) in [4.78, 5) is 21.5. The van der Waals surface area contributed by atoms with Gasteiger partial charge in [0.2, 0.25) is 6.34 Å². The number of nitrogens with zero attached hydrogens (tertiary/aromatic N) is 4. The molecule has 5 nitrogen and oxygen atoms in total. The fourth-order valence-electron chi connectivity index (χ4n) is 2.84. The van der Waals surface area contributed by atoms with Crippen LogP contribution in [0.25, 0.3) is 0 Å². The highest BCUT2D eigenvalue weighted by molar-refractivity contribution is 5.81. The Kier molecular flexibility index (Phi) is 4.18. The normalized spacial score (nSPS) is 22.1. The maximum absolute atomic E-state index is 12.9. The van der Waals surface area contributed by atoms with Gasteiger partial charge in [-0.2, -0.15) is 4.48 Å². The van der Waals surface area contributed by atoms with E-state index in [4.69, 9.17) is 0 Å². The number of amides is 1. The summed E-state index contributed by atoms with van der Waals surface area (Å²) in [5, 5.41) is 0. The predicted molar refractivity (Wildman–Crippen MR) is 79.1 cm³/mol. The number of imidazole rings is 1. The van der Waals surface area contributed by atoms with Crippen LogP contribution in [0.15, 0.2) is 35.1 Å². The maximum Gasteiger partial charge on any atom is 0.439 e. The third-order valence-corrected chi connectivity index (χ3v) is 3.70. The Labute approximate surface area is 120 Å². The molecular weight excluding hydrogens is 252 g/mol. The highest BCUT2D eigenvalue weighted by Crippen LogP contribution is 2.33. The number of rotatable bonds is 4. The van der Waals surface area contributed by atoms with Crippen LogP contribution in [0.1, 0.15) is 40.5 Å². The van der Waals surface area contributed by atoms with Crippen molar-refractivity contribution in [2.45, 2.75) is 40.5 Å². The number of quaternary nitrogens is 1. The van der Waals surface area contributed by atoms with Gasteiger partial charge in [0.15, 0.2) is 0 Å². The van der Waals surface area contributed by atoms with Crippen molar-refractivity contribution in [1.29, 1.82) is 0 Å². The molecule has 0 fully saturated rings. The van der Waals surface area contributed by atoms with Crippen LogP contribution in [-0.4, -0.2) is 32.9 Å². The first-order valence-electron chi connectivity index (χ1n) is 7.26. The van der Waals surface area contributed by atoms with Gasteiger partial charge in [-0.3, -0.25) is 0 Å². The summed E-state index contributed by atoms with van der Waals surface area (Å²) >= 11 is 0. The summed E-state index contributed by atoms with van der Waals surface area (Å²) < 4.78 is 1.76. The van der Waals surface area contributed by atoms with Gasteiger partial charge in [0, 0.05) is 24.7 Å². The summed E-state index contributed by atoms with van der Waals surface area (Å²) in [5.41, 5.74) is 2.16. The first kappa shape index (κ1) is 14.7. The Hall–Kier alpha value is -1.75. The van der Waals surface area contributed by atoms with Gasteiger partial charge in [0.25, 0.3) is 0 Å². The summed E-state index contributed by atoms with van der Waals surface area (Å²) in [6.45, 7) is 9.16. The Bertz CT molecular complexity index is 542. The van der Waals surface area contributed by atoms with Crippen molar-refractivity contribution in [1.82, 2.24) is 9.55 Å². The second-order valence-electron chi connectivity index (χ2n) is 5.43. The van der Waals surface area contributed by atoms with Crippen LogP contribution in [-0.2, 0) is 0 Å². The summed E-state index contributed by atoms with van der Waals surface area (Å²) in [6.07, 6.45) is 8.44. The van der Waals surface area contributed by atoms with Crippen LogP contribution >= 0.6 is 0 Å². The highest BCUT2D eigenvalue weighted by Gasteiger charge is 2.45. The standard InChI is InChI=1S/C15H23N4O/c1-5-9-19(15(20)18-8-7-16-10-18)11-17-14(12(3)4)13(19)6-2/h7-8,10-12H,5-6,9H2,1-4H3/q+1. The number of carbonyl (C=O) groups excluding carboxylic acids is 1. The fraction of sp³-hybridized carbons (Fsp3) is 0.533. The predicted octanol–water partition coefficient (Wildman–Crippen LogP) is 3.40. The largest absolute Gasteiger partial charge is 0.439 e. The summed E-state index contributed by atoms with van der Waals surface area (Å²) in [5.74, 6) is 0.327. The number of carbonyl (C=O) groups is 1. The lowest BCUT2D eigenvalue weighted by Gasteiger charge is -2.29. The van der Waals surface area contributed by atoms with E-state index in [2.05, 4.69) is 37.7 Å². The molecule has 1 atom stereocenters. The molecule has 1 aromatic heterocycles. The van der Waals surface area contributed by atoms with Gasteiger partial charge in [0.05, 0.1) is 6.54 Å². The van der Waals surface area contributed by atoms with E-state index in [9.17, 15) is 4.79 Å². The minimum atomic E-state index is 0.000556. The number of aliphatic imine (C=N–C) groups is 1. The van der Waals surface area contributed by atoms with E-state index >= 15 is 0 Å². The second-order valence-corrected chi connectivity index (χ2v) is 5.43. The van der Waals surface area contributed by atoms with Gasteiger partial charge in [0.1, 0.15) is 17.7 Å². The van der Waals surface area contributed by atoms with Crippen LogP contribution in [0.4, 0.5) is 4.79 Å². The molecule has 0 N–H and O–H groups in total. The summed E-state index contributed by atoms with van der Waals surface area (Å²) in [7, 11) is 0.